The molecule has 7 nitrogen and oxygen atoms in total. The molecule has 7 heteroatoms. The van der Waals surface area contributed by atoms with Crippen LogP contribution in [0.5, 0.6) is 0 Å². The number of Topliss-reactive ketones (excluding diaryl/α,β-unsaturated/α-hetero) is 1. The number of carbonyl (C=O) groups excluding carboxylic acids is 3. The number of nitrogens with one attached hydrogen (secondary N) is 2. The molecule has 30 heavy (non-hydrogen) atoms. The van der Waals surface area contributed by atoms with Gasteiger partial charge in [0, 0.05) is 6.42 Å². The zero-order valence-electron chi connectivity index (χ0n) is 18.8. The lowest BCUT2D eigenvalue weighted by molar-refractivity contribution is -0.131. The highest BCUT2D eigenvalue weighted by atomic mass is 16.6. The standard InChI is InChI=1S/C23H34N2O5/c1-15(2)12-17(19(26)23(6)14-29-23)24-20(27)18(13-16-10-8-7-9-11-16)25-21(28)30-22(3,4)5/h7-11,15,17-18H,12-14H2,1-6H3,(H,24,27)(H,25,28)/t17-,18+,23?/m0/s1. The average molecular weight is 419 g/mol. The van der Waals surface area contributed by atoms with Crippen molar-refractivity contribution in [2.24, 2.45) is 5.92 Å². The fourth-order valence-corrected chi connectivity index (χ4v) is 3.10. The lowest BCUT2D eigenvalue weighted by atomic mass is 9.93. The van der Waals surface area contributed by atoms with Gasteiger partial charge in [-0.15, -0.1) is 0 Å². The van der Waals surface area contributed by atoms with E-state index in [4.69, 9.17) is 9.47 Å². The van der Waals surface area contributed by atoms with Crippen molar-refractivity contribution in [2.45, 2.75) is 77.7 Å². The van der Waals surface area contributed by atoms with Crippen molar-refractivity contribution in [1.82, 2.24) is 10.6 Å². The molecule has 0 saturated carbocycles. The van der Waals surface area contributed by atoms with Crippen LogP contribution >= 0.6 is 0 Å². The third kappa shape index (κ3) is 7.44. The van der Waals surface area contributed by atoms with Crippen molar-refractivity contribution in [3.05, 3.63) is 35.9 Å². The van der Waals surface area contributed by atoms with Crippen LogP contribution in [0.25, 0.3) is 0 Å². The predicted molar refractivity (Wildman–Crippen MR) is 114 cm³/mol. The lowest BCUT2D eigenvalue weighted by Gasteiger charge is -2.26. The summed E-state index contributed by atoms with van der Waals surface area (Å²) >= 11 is 0. The van der Waals surface area contributed by atoms with E-state index >= 15 is 0 Å². The Morgan fingerprint density at radius 3 is 2.20 bits per heavy atom. The van der Waals surface area contributed by atoms with Gasteiger partial charge in [-0.2, -0.15) is 0 Å². The molecule has 1 heterocycles. The van der Waals surface area contributed by atoms with E-state index in [1.807, 2.05) is 44.2 Å². The predicted octanol–water partition coefficient (Wildman–Crippen LogP) is 3.01. The minimum Gasteiger partial charge on any atom is -0.444 e. The van der Waals surface area contributed by atoms with E-state index in [1.54, 1.807) is 27.7 Å². The zero-order chi connectivity index (χ0) is 22.5. The third-order valence-electron chi connectivity index (χ3n) is 4.73. The fraction of sp³-hybridized carbons (Fsp3) is 0.609. The van der Waals surface area contributed by atoms with Crippen molar-refractivity contribution in [1.29, 1.82) is 0 Å². The van der Waals surface area contributed by atoms with Crippen LogP contribution in [0, 0.1) is 5.92 Å². The SMILES string of the molecule is CC(C)C[C@H](NC(=O)[C@@H](Cc1ccccc1)NC(=O)OC(C)(C)C)C(=O)C1(C)CO1. The second-order valence-corrected chi connectivity index (χ2v) is 9.46. The van der Waals surface area contributed by atoms with E-state index in [-0.39, 0.29) is 18.1 Å². The fourth-order valence-electron chi connectivity index (χ4n) is 3.10. The maximum Gasteiger partial charge on any atom is 0.408 e. The van der Waals surface area contributed by atoms with Gasteiger partial charge >= 0.3 is 6.09 Å². The van der Waals surface area contributed by atoms with E-state index < -0.39 is 35.3 Å². The largest absolute Gasteiger partial charge is 0.444 e. The van der Waals surface area contributed by atoms with Crippen molar-refractivity contribution in [2.75, 3.05) is 6.61 Å². The van der Waals surface area contributed by atoms with E-state index in [0.717, 1.165) is 5.56 Å². The summed E-state index contributed by atoms with van der Waals surface area (Å²) in [6.45, 7) is 11.3. The van der Waals surface area contributed by atoms with Gasteiger partial charge in [0.15, 0.2) is 5.78 Å². The van der Waals surface area contributed by atoms with Crippen molar-refractivity contribution < 1.29 is 23.9 Å². The second-order valence-electron chi connectivity index (χ2n) is 9.46. The first-order valence-corrected chi connectivity index (χ1v) is 10.4. The van der Waals surface area contributed by atoms with Gasteiger partial charge in [0.1, 0.15) is 17.2 Å². The number of benzene rings is 1. The molecule has 2 rings (SSSR count). The molecule has 3 atom stereocenters. The number of alkyl carbamates (subject to hydrolysis) is 1. The van der Waals surface area contributed by atoms with Gasteiger partial charge in [0.05, 0.1) is 12.6 Å². The smallest absolute Gasteiger partial charge is 0.408 e. The van der Waals surface area contributed by atoms with E-state index in [0.29, 0.717) is 13.0 Å². The molecule has 1 aliphatic heterocycles. The monoisotopic (exact) mass is 418 g/mol. The molecule has 1 fully saturated rings. The van der Waals surface area contributed by atoms with Crippen LogP contribution < -0.4 is 10.6 Å². The molecule has 1 aromatic carbocycles. The first-order chi connectivity index (χ1) is 13.9. The third-order valence-corrected chi connectivity index (χ3v) is 4.73. The van der Waals surface area contributed by atoms with Crippen molar-refractivity contribution in [3.8, 4) is 0 Å². The summed E-state index contributed by atoms with van der Waals surface area (Å²) in [5, 5.41) is 5.50. The highest BCUT2D eigenvalue weighted by Crippen LogP contribution is 2.29. The van der Waals surface area contributed by atoms with Gasteiger partial charge < -0.3 is 20.1 Å². The molecule has 0 bridgehead atoms. The molecule has 0 spiro atoms. The molecule has 1 aliphatic rings. The van der Waals surface area contributed by atoms with Gasteiger partial charge in [-0.1, -0.05) is 44.2 Å². The van der Waals surface area contributed by atoms with Gasteiger partial charge in [0.2, 0.25) is 5.91 Å². The number of carbonyl (C=O) groups is 3. The molecule has 0 aliphatic carbocycles. The number of hydrogen-bond acceptors (Lipinski definition) is 5. The van der Waals surface area contributed by atoms with Crippen LogP contribution in [0.3, 0.4) is 0 Å². The first-order valence-electron chi connectivity index (χ1n) is 10.4. The van der Waals surface area contributed by atoms with Crippen LogP contribution in [-0.4, -0.2) is 47.7 Å². The molecule has 2 N–H and O–H groups in total. The summed E-state index contributed by atoms with van der Waals surface area (Å²) in [4.78, 5) is 38.3. The lowest BCUT2D eigenvalue weighted by Crippen LogP contribution is -2.55. The Labute approximate surface area is 178 Å². The minimum atomic E-state index is -0.877. The maximum absolute atomic E-state index is 13.1. The first kappa shape index (κ1) is 23.9. The molecular weight excluding hydrogens is 384 g/mol. The summed E-state index contributed by atoms with van der Waals surface area (Å²) in [5.74, 6) is -0.360. The Bertz CT molecular complexity index is 751. The van der Waals surface area contributed by atoms with Crippen LogP contribution in [0.15, 0.2) is 30.3 Å². The van der Waals surface area contributed by atoms with Crippen LogP contribution in [-0.2, 0) is 25.5 Å². The normalized spacial score (nSPS) is 20.2. The Balaban J connectivity index is 2.16. The molecule has 0 aromatic heterocycles. The Morgan fingerprint density at radius 1 is 1.10 bits per heavy atom. The summed E-state index contributed by atoms with van der Waals surface area (Å²) in [5.41, 5.74) is -0.635. The molecule has 1 unspecified atom stereocenters. The summed E-state index contributed by atoms with van der Waals surface area (Å²) in [7, 11) is 0. The molecular formula is C23H34N2O5. The maximum atomic E-state index is 13.1. The number of epoxide rings is 1. The number of ether oxygens (including phenoxy) is 2. The molecule has 0 radical (unpaired) electrons. The zero-order valence-corrected chi connectivity index (χ0v) is 18.8. The minimum absolute atomic E-state index is 0.139. The quantitative estimate of drug-likeness (QED) is 0.601. The number of hydrogen-bond donors (Lipinski definition) is 2. The molecule has 2 amide bonds. The summed E-state index contributed by atoms with van der Waals surface area (Å²) < 4.78 is 10.6. The Kier molecular flexibility index (Phi) is 7.64. The average Bonchev–Trinajstić information content (AvgIpc) is 3.37. The van der Waals surface area contributed by atoms with Gasteiger partial charge in [-0.25, -0.2) is 4.79 Å². The second kappa shape index (κ2) is 9.60. The number of amides is 2. The van der Waals surface area contributed by atoms with Crippen molar-refractivity contribution >= 4 is 17.8 Å². The number of ketones is 1. The van der Waals surface area contributed by atoms with Gasteiger partial charge in [0.25, 0.3) is 0 Å². The van der Waals surface area contributed by atoms with E-state index in [9.17, 15) is 14.4 Å². The van der Waals surface area contributed by atoms with Crippen LogP contribution in [0.4, 0.5) is 4.79 Å². The topological polar surface area (TPSA) is 97.0 Å². The van der Waals surface area contributed by atoms with E-state index in [1.165, 1.54) is 0 Å². The van der Waals surface area contributed by atoms with Gasteiger partial charge in [-0.05, 0) is 45.6 Å². The molecule has 166 valence electrons. The number of rotatable bonds is 9. The van der Waals surface area contributed by atoms with Crippen LogP contribution in [0.1, 0.15) is 53.5 Å². The molecule has 1 aromatic rings. The highest BCUT2D eigenvalue weighted by molar-refractivity contribution is 5.97. The Morgan fingerprint density at radius 2 is 1.70 bits per heavy atom. The summed E-state index contributed by atoms with van der Waals surface area (Å²) in [6, 6.07) is 7.83. The van der Waals surface area contributed by atoms with Crippen LogP contribution in [0.2, 0.25) is 0 Å². The van der Waals surface area contributed by atoms with E-state index in [2.05, 4.69) is 10.6 Å². The Hall–Kier alpha value is -2.41. The summed E-state index contributed by atoms with van der Waals surface area (Å²) in [6.07, 6.45) is 0.0961. The van der Waals surface area contributed by atoms with Crippen molar-refractivity contribution in [3.63, 3.8) is 0 Å². The molecule has 1 saturated heterocycles. The highest BCUT2D eigenvalue weighted by Gasteiger charge is 2.50. The van der Waals surface area contributed by atoms with Gasteiger partial charge in [-0.3, -0.25) is 9.59 Å².